The molecule has 0 atom stereocenters. The van der Waals surface area contributed by atoms with Gasteiger partial charge in [0.25, 0.3) is 0 Å². The van der Waals surface area contributed by atoms with Crippen LogP contribution < -0.4 is 10.4 Å². The zero-order chi connectivity index (χ0) is 19.5. The minimum atomic E-state index is -0.0839. The number of ether oxygens (including phenoxy) is 1. The minimum absolute atomic E-state index is 0.0839. The van der Waals surface area contributed by atoms with E-state index in [1.165, 1.54) is 11.8 Å². The largest absolute Gasteiger partial charge is 0.496 e. The number of rotatable bonds is 7. The van der Waals surface area contributed by atoms with Gasteiger partial charge in [-0.15, -0.1) is 5.10 Å². The molecule has 0 bridgehead atoms. The van der Waals surface area contributed by atoms with Gasteiger partial charge >= 0.3 is 5.69 Å². The van der Waals surface area contributed by atoms with Crippen LogP contribution in [-0.2, 0) is 6.54 Å². The molecule has 0 unspecified atom stereocenters. The second kappa shape index (κ2) is 8.12. The van der Waals surface area contributed by atoms with Crippen LogP contribution in [0.15, 0.2) is 52.4 Å². The molecule has 28 heavy (non-hydrogen) atoms. The highest BCUT2D eigenvalue weighted by molar-refractivity contribution is 7.99. The lowest BCUT2D eigenvalue weighted by atomic mass is 10.2. The quantitative estimate of drug-likeness (QED) is 0.352. The van der Waals surface area contributed by atoms with E-state index in [9.17, 15) is 4.79 Å². The van der Waals surface area contributed by atoms with Crippen molar-refractivity contribution in [3.05, 3.63) is 58.0 Å². The summed E-state index contributed by atoms with van der Waals surface area (Å²) in [5.74, 6) is 2.07. The second-order valence-corrected chi connectivity index (χ2v) is 7.61. The SMILES string of the molecule is COc1ccc(Cl)cc1-c1nc(SCCCn2c(=O)[nH]c3ccccc32)n[nH]1. The summed E-state index contributed by atoms with van der Waals surface area (Å²) >= 11 is 7.62. The summed E-state index contributed by atoms with van der Waals surface area (Å²) in [6.07, 6.45) is 0.816. The van der Waals surface area contributed by atoms with Gasteiger partial charge in [0.1, 0.15) is 5.75 Å². The van der Waals surface area contributed by atoms with E-state index >= 15 is 0 Å². The Morgan fingerprint density at radius 3 is 2.96 bits per heavy atom. The summed E-state index contributed by atoms with van der Waals surface area (Å²) in [7, 11) is 1.60. The molecule has 2 aromatic carbocycles. The molecule has 9 heteroatoms. The van der Waals surface area contributed by atoms with Crippen molar-refractivity contribution in [1.29, 1.82) is 0 Å². The second-order valence-electron chi connectivity index (χ2n) is 6.11. The number of hydrogen-bond donors (Lipinski definition) is 2. The molecule has 0 amide bonds. The first-order valence-corrected chi connectivity index (χ1v) is 10.1. The third kappa shape index (κ3) is 3.79. The van der Waals surface area contributed by atoms with Crippen LogP contribution in [0.4, 0.5) is 0 Å². The van der Waals surface area contributed by atoms with Crippen LogP contribution in [0.5, 0.6) is 5.75 Å². The molecule has 0 aliphatic rings. The number of halogens is 1. The monoisotopic (exact) mass is 415 g/mol. The number of nitrogens with one attached hydrogen (secondary N) is 2. The number of H-pyrrole nitrogens is 2. The number of imidazole rings is 1. The molecule has 0 aliphatic carbocycles. The van der Waals surface area contributed by atoms with E-state index in [4.69, 9.17) is 16.3 Å². The van der Waals surface area contributed by atoms with Gasteiger partial charge in [0.15, 0.2) is 5.82 Å². The Labute approximate surface area is 170 Å². The fourth-order valence-corrected chi connectivity index (χ4v) is 3.91. The Kier molecular flexibility index (Phi) is 5.40. The fourth-order valence-electron chi connectivity index (χ4n) is 3.01. The van der Waals surface area contributed by atoms with Crippen LogP contribution in [-0.4, -0.2) is 37.6 Å². The molecule has 4 rings (SSSR count). The lowest BCUT2D eigenvalue weighted by Crippen LogP contribution is -2.17. The van der Waals surface area contributed by atoms with Crippen LogP contribution in [0.2, 0.25) is 5.02 Å². The highest BCUT2D eigenvalue weighted by Gasteiger charge is 2.12. The maximum atomic E-state index is 12.1. The number of aryl methyl sites for hydroxylation is 1. The molecule has 0 radical (unpaired) electrons. The van der Waals surface area contributed by atoms with Crippen molar-refractivity contribution in [2.75, 3.05) is 12.9 Å². The van der Waals surface area contributed by atoms with Crippen LogP contribution in [0.1, 0.15) is 6.42 Å². The Morgan fingerprint density at radius 1 is 1.25 bits per heavy atom. The van der Waals surface area contributed by atoms with E-state index in [1.807, 2.05) is 24.3 Å². The van der Waals surface area contributed by atoms with Crippen LogP contribution >= 0.6 is 23.4 Å². The van der Waals surface area contributed by atoms with Crippen molar-refractivity contribution >= 4 is 34.4 Å². The summed E-state index contributed by atoms with van der Waals surface area (Å²) in [4.78, 5) is 19.5. The lowest BCUT2D eigenvalue weighted by Gasteiger charge is -2.05. The van der Waals surface area contributed by atoms with Crippen LogP contribution in [0.25, 0.3) is 22.4 Å². The van der Waals surface area contributed by atoms with E-state index in [0.29, 0.717) is 28.3 Å². The average Bonchev–Trinajstić information content (AvgIpc) is 3.29. The third-order valence-corrected chi connectivity index (χ3v) is 5.49. The molecule has 2 N–H and O–H groups in total. The van der Waals surface area contributed by atoms with Gasteiger partial charge in [0.05, 0.1) is 23.7 Å². The minimum Gasteiger partial charge on any atom is -0.496 e. The molecule has 0 saturated heterocycles. The average molecular weight is 416 g/mol. The van der Waals surface area contributed by atoms with Crippen molar-refractivity contribution < 1.29 is 4.74 Å². The number of para-hydroxylation sites is 2. The van der Waals surface area contributed by atoms with Crippen LogP contribution in [0.3, 0.4) is 0 Å². The number of aromatic amines is 2. The molecule has 7 nitrogen and oxygen atoms in total. The van der Waals surface area contributed by atoms with E-state index < -0.39 is 0 Å². The zero-order valence-electron chi connectivity index (χ0n) is 15.1. The van der Waals surface area contributed by atoms with Gasteiger partial charge in [-0.2, -0.15) is 0 Å². The van der Waals surface area contributed by atoms with E-state index in [2.05, 4.69) is 20.2 Å². The molecule has 0 fully saturated rings. The van der Waals surface area contributed by atoms with E-state index in [1.54, 1.807) is 29.9 Å². The molecule has 2 aromatic heterocycles. The lowest BCUT2D eigenvalue weighted by molar-refractivity contribution is 0.416. The Bertz CT molecular complexity index is 1170. The van der Waals surface area contributed by atoms with Gasteiger partial charge in [0.2, 0.25) is 5.16 Å². The Morgan fingerprint density at radius 2 is 2.11 bits per heavy atom. The van der Waals surface area contributed by atoms with Crippen molar-refractivity contribution in [3.8, 4) is 17.1 Å². The predicted molar refractivity (Wildman–Crippen MR) is 111 cm³/mol. The fraction of sp³-hybridized carbons (Fsp3) is 0.211. The molecular weight excluding hydrogens is 398 g/mol. The number of nitrogens with zero attached hydrogens (tertiary/aromatic N) is 3. The molecule has 144 valence electrons. The summed E-state index contributed by atoms with van der Waals surface area (Å²) < 4.78 is 7.12. The zero-order valence-corrected chi connectivity index (χ0v) is 16.7. The molecule has 0 aliphatic heterocycles. The van der Waals surface area contributed by atoms with Crippen molar-refractivity contribution in [2.24, 2.45) is 0 Å². The van der Waals surface area contributed by atoms with Crippen LogP contribution in [0, 0.1) is 0 Å². The molecule has 0 saturated carbocycles. The summed E-state index contributed by atoms with van der Waals surface area (Å²) in [5.41, 5.74) is 2.46. The summed E-state index contributed by atoms with van der Waals surface area (Å²) in [6, 6.07) is 13.0. The molecular formula is C19H18ClN5O2S. The van der Waals surface area contributed by atoms with Crippen molar-refractivity contribution in [1.82, 2.24) is 24.7 Å². The van der Waals surface area contributed by atoms with Gasteiger partial charge in [-0.1, -0.05) is 35.5 Å². The first kappa shape index (κ1) is 18.6. The number of hydrogen-bond acceptors (Lipinski definition) is 5. The predicted octanol–water partition coefficient (Wildman–Crippen LogP) is 3.96. The molecule has 2 heterocycles. The number of fused-ring (bicyclic) bond motifs is 1. The van der Waals surface area contributed by atoms with Gasteiger partial charge in [-0.25, -0.2) is 9.78 Å². The van der Waals surface area contributed by atoms with E-state index in [0.717, 1.165) is 28.8 Å². The molecule has 4 aromatic rings. The van der Waals surface area contributed by atoms with Gasteiger partial charge in [-0.05, 0) is 36.8 Å². The van der Waals surface area contributed by atoms with E-state index in [-0.39, 0.29) is 5.69 Å². The first-order valence-electron chi connectivity index (χ1n) is 8.72. The smallest absolute Gasteiger partial charge is 0.326 e. The summed E-state index contributed by atoms with van der Waals surface area (Å²) in [5, 5.41) is 8.43. The number of aromatic nitrogens is 5. The Hall–Kier alpha value is -2.71. The number of thioether (sulfide) groups is 1. The first-order chi connectivity index (χ1) is 13.7. The third-order valence-electron chi connectivity index (χ3n) is 4.32. The standard InChI is InChI=1S/C19H18ClN5O2S/c1-27-16-8-7-12(20)11-13(16)17-22-18(24-23-17)28-10-4-9-25-15-6-3-2-5-14(15)21-19(25)26/h2-3,5-8,11H,4,9-10H2,1H3,(H,21,26)(H,22,23,24). The Balaban J connectivity index is 1.40. The normalized spacial score (nSPS) is 11.2. The van der Waals surface area contributed by atoms with Gasteiger partial charge in [0, 0.05) is 17.3 Å². The topological polar surface area (TPSA) is 88.6 Å². The van der Waals surface area contributed by atoms with Crippen molar-refractivity contribution in [3.63, 3.8) is 0 Å². The highest BCUT2D eigenvalue weighted by Crippen LogP contribution is 2.31. The van der Waals surface area contributed by atoms with Gasteiger partial charge in [-0.3, -0.25) is 9.67 Å². The number of methoxy groups -OCH3 is 1. The summed E-state index contributed by atoms with van der Waals surface area (Å²) in [6.45, 7) is 0.634. The number of benzene rings is 2. The maximum Gasteiger partial charge on any atom is 0.326 e. The maximum absolute atomic E-state index is 12.1. The highest BCUT2D eigenvalue weighted by atomic mass is 35.5. The van der Waals surface area contributed by atoms with Crippen molar-refractivity contribution in [2.45, 2.75) is 18.1 Å². The van der Waals surface area contributed by atoms with Gasteiger partial charge < -0.3 is 9.72 Å². The molecule has 0 spiro atoms.